The van der Waals surface area contributed by atoms with Gasteiger partial charge in [0.25, 0.3) is 0 Å². The molecule has 5 heteroatoms. The Morgan fingerprint density at radius 2 is 1.33 bits per heavy atom. The van der Waals surface area contributed by atoms with Crippen molar-refractivity contribution in [2.45, 2.75) is 51.6 Å². The molecular formula is C28H32N4O. The molecule has 0 amide bonds. The lowest BCUT2D eigenvalue weighted by atomic mass is 9.97. The number of rotatable bonds is 13. The fourth-order valence-corrected chi connectivity index (χ4v) is 4.07. The van der Waals surface area contributed by atoms with E-state index in [1.54, 1.807) is 0 Å². The second kappa shape index (κ2) is 12.7. The number of unbranched alkanes of at least 4 members (excludes halogenated alkanes) is 5. The summed E-state index contributed by atoms with van der Waals surface area (Å²) in [7, 11) is 0. The summed E-state index contributed by atoms with van der Waals surface area (Å²) in [6.45, 7) is 1.58. The van der Waals surface area contributed by atoms with Crippen molar-refractivity contribution in [1.82, 2.24) is 20.6 Å². The molecule has 0 saturated carbocycles. The Morgan fingerprint density at radius 3 is 2.09 bits per heavy atom. The summed E-state index contributed by atoms with van der Waals surface area (Å²) in [5, 5.41) is 14.3. The normalized spacial score (nSPS) is 11.0. The van der Waals surface area contributed by atoms with E-state index in [4.69, 9.17) is 4.74 Å². The Kier molecular flexibility index (Phi) is 8.77. The number of benzene rings is 3. The second-order valence-corrected chi connectivity index (χ2v) is 8.40. The lowest BCUT2D eigenvalue weighted by molar-refractivity contribution is 0.116. The van der Waals surface area contributed by atoms with E-state index in [1.165, 1.54) is 48.8 Å². The molecule has 0 atom stereocenters. The standard InChI is InChI=1S/C28H32N4O/c1(2-4-11-21-33-22-24-13-7-5-8-14-24)3-6-12-23-17-19-25(20-18-23)26-15-9-10-16-27(26)28-29-31-32-30-28/h5,7-10,13-20H,1-4,6,11-12,21-22H2,(H,29,30,31,32). The van der Waals surface area contributed by atoms with Crippen LogP contribution < -0.4 is 0 Å². The first kappa shape index (κ1) is 22.9. The SMILES string of the molecule is c1ccc(COCCCCCCCCc2ccc(-c3ccccc3-c3nnn[nH]3)cc2)cc1. The van der Waals surface area contributed by atoms with Gasteiger partial charge in [0.2, 0.25) is 0 Å². The molecule has 0 saturated heterocycles. The highest BCUT2D eigenvalue weighted by molar-refractivity contribution is 5.80. The number of H-pyrrole nitrogens is 1. The topological polar surface area (TPSA) is 63.7 Å². The van der Waals surface area contributed by atoms with E-state index in [2.05, 4.69) is 75.2 Å². The maximum absolute atomic E-state index is 5.76. The maximum Gasteiger partial charge on any atom is 0.180 e. The molecule has 1 heterocycles. The van der Waals surface area contributed by atoms with Crippen LogP contribution in [-0.2, 0) is 17.8 Å². The van der Waals surface area contributed by atoms with E-state index >= 15 is 0 Å². The summed E-state index contributed by atoms with van der Waals surface area (Å²) < 4.78 is 5.76. The summed E-state index contributed by atoms with van der Waals surface area (Å²) in [6, 6.07) is 27.5. The van der Waals surface area contributed by atoms with Crippen molar-refractivity contribution in [2.24, 2.45) is 0 Å². The van der Waals surface area contributed by atoms with Crippen molar-refractivity contribution in [3.05, 3.63) is 90.0 Å². The molecule has 1 N–H and O–H groups in total. The number of aromatic amines is 1. The average molecular weight is 441 g/mol. The molecule has 33 heavy (non-hydrogen) atoms. The van der Waals surface area contributed by atoms with Gasteiger partial charge in [-0.2, -0.15) is 0 Å². The first-order valence-corrected chi connectivity index (χ1v) is 11.9. The molecule has 0 aliphatic rings. The molecule has 0 aliphatic heterocycles. The summed E-state index contributed by atoms with van der Waals surface area (Å²) >= 11 is 0. The van der Waals surface area contributed by atoms with Gasteiger partial charge in [0.15, 0.2) is 5.82 Å². The van der Waals surface area contributed by atoms with Crippen molar-refractivity contribution >= 4 is 0 Å². The van der Waals surface area contributed by atoms with E-state index in [0.717, 1.165) is 37.2 Å². The molecule has 0 unspecified atom stereocenters. The van der Waals surface area contributed by atoms with E-state index in [1.807, 2.05) is 24.3 Å². The number of aryl methyl sites for hydroxylation is 1. The molecule has 4 aromatic rings. The minimum atomic E-state index is 0.692. The van der Waals surface area contributed by atoms with Crippen LogP contribution in [-0.4, -0.2) is 27.2 Å². The smallest absolute Gasteiger partial charge is 0.180 e. The molecule has 5 nitrogen and oxygen atoms in total. The van der Waals surface area contributed by atoms with Gasteiger partial charge in [-0.15, -0.1) is 5.10 Å². The Balaban J connectivity index is 1.11. The van der Waals surface area contributed by atoms with Crippen LogP contribution in [0.4, 0.5) is 0 Å². The van der Waals surface area contributed by atoms with Gasteiger partial charge in [-0.05, 0) is 51.9 Å². The second-order valence-electron chi connectivity index (χ2n) is 8.40. The Labute approximate surface area is 196 Å². The number of nitrogens with zero attached hydrogens (tertiary/aromatic N) is 3. The van der Waals surface area contributed by atoms with Gasteiger partial charge < -0.3 is 4.74 Å². The quantitative estimate of drug-likeness (QED) is 0.237. The van der Waals surface area contributed by atoms with Crippen molar-refractivity contribution < 1.29 is 4.74 Å². The summed E-state index contributed by atoms with van der Waals surface area (Å²) in [5.41, 5.74) is 5.98. The lowest BCUT2D eigenvalue weighted by Crippen LogP contribution is -1.95. The Hall–Kier alpha value is -3.31. The van der Waals surface area contributed by atoms with Crippen LogP contribution in [0, 0.1) is 0 Å². The lowest BCUT2D eigenvalue weighted by Gasteiger charge is -2.08. The summed E-state index contributed by atoms with van der Waals surface area (Å²) in [4.78, 5) is 0. The number of nitrogens with one attached hydrogen (secondary N) is 1. The van der Waals surface area contributed by atoms with Gasteiger partial charge in [0.1, 0.15) is 0 Å². The Bertz CT molecular complexity index is 1060. The molecule has 3 aromatic carbocycles. The van der Waals surface area contributed by atoms with Gasteiger partial charge in [0.05, 0.1) is 6.61 Å². The molecule has 1 aromatic heterocycles. The fraction of sp³-hybridized carbons (Fsp3) is 0.321. The van der Waals surface area contributed by atoms with Crippen molar-refractivity contribution in [2.75, 3.05) is 6.61 Å². The number of aromatic nitrogens is 4. The summed E-state index contributed by atoms with van der Waals surface area (Å²) in [5.74, 6) is 0.692. The molecule has 170 valence electrons. The van der Waals surface area contributed by atoms with Crippen LogP contribution in [0.1, 0.15) is 49.7 Å². The first-order valence-electron chi connectivity index (χ1n) is 11.9. The molecule has 0 bridgehead atoms. The highest BCUT2D eigenvalue weighted by Gasteiger charge is 2.09. The number of hydrogen-bond acceptors (Lipinski definition) is 4. The number of ether oxygens (including phenoxy) is 1. The molecule has 0 spiro atoms. The predicted molar refractivity (Wildman–Crippen MR) is 133 cm³/mol. The van der Waals surface area contributed by atoms with Crippen LogP contribution >= 0.6 is 0 Å². The third kappa shape index (κ3) is 7.09. The highest BCUT2D eigenvalue weighted by atomic mass is 16.5. The minimum absolute atomic E-state index is 0.692. The van der Waals surface area contributed by atoms with E-state index in [9.17, 15) is 0 Å². The zero-order chi connectivity index (χ0) is 22.6. The van der Waals surface area contributed by atoms with Gasteiger partial charge in [-0.25, -0.2) is 5.10 Å². The number of tetrazole rings is 1. The zero-order valence-electron chi connectivity index (χ0n) is 19.1. The van der Waals surface area contributed by atoms with Crippen molar-refractivity contribution in [3.8, 4) is 22.5 Å². The van der Waals surface area contributed by atoms with E-state index < -0.39 is 0 Å². The largest absolute Gasteiger partial charge is 0.377 e. The van der Waals surface area contributed by atoms with Crippen LogP contribution in [0.2, 0.25) is 0 Å². The van der Waals surface area contributed by atoms with Crippen LogP contribution in [0.25, 0.3) is 22.5 Å². The average Bonchev–Trinajstić information content (AvgIpc) is 3.41. The fourth-order valence-electron chi connectivity index (χ4n) is 4.07. The summed E-state index contributed by atoms with van der Waals surface area (Å²) in [6.07, 6.45) is 8.66. The number of hydrogen-bond donors (Lipinski definition) is 1. The Morgan fingerprint density at radius 1 is 0.636 bits per heavy atom. The third-order valence-electron chi connectivity index (χ3n) is 5.91. The van der Waals surface area contributed by atoms with Gasteiger partial charge in [0, 0.05) is 12.2 Å². The van der Waals surface area contributed by atoms with Crippen molar-refractivity contribution in [3.63, 3.8) is 0 Å². The van der Waals surface area contributed by atoms with Gasteiger partial charge in [-0.1, -0.05) is 105 Å². The molecule has 0 radical (unpaired) electrons. The molecular weight excluding hydrogens is 408 g/mol. The van der Waals surface area contributed by atoms with Crippen molar-refractivity contribution in [1.29, 1.82) is 0 Å². The molecule has 0 fully saturated rings. The van der Waals surface area contributed by atoms with Crippen LogP contribution in [0.3, 0.4) is 0 Å². The third-order valence-corrected chi connectivity index (χ3v) is 5.91. The van der Waals surface area contributed by atoms with E-state index in [-0.39, 0.29) is 0 Å². The van der Waals surface area contributed by atoms with Gasteiger partial charge in [-0.3, -0.25) is 0 Å². The first-order chi connectivity index (χ1) is 16.4. The minimum Gasteiger partial charge on any atom is -0.377 e. The van der Waals surface area contributed by atoms with E-state index in [0.29, 0.717) is 5.82 Å². The molecule has 4 rings (SSSR count). The monoisotopic (exact) mass is 440 g/mol. The van der Waals surface area contributed by atoms with Gasteiger partial charge >= 0.3 is 0 Å². The maximum atomic E-state index is 5.76. The van der Waals surface area contributed by atoms with Crippen LogP contribution in [0.5, 0.6) is 0 Å². The van der Waals surface area contributed by atoms with Crippen LogP contribution in [0.15, 0.2) is 78.9 Å². The molecule has 0 aliphatic carbocycles. The zero-order valence-corrected chi connectivity index (χ0v) is 19.1. The highest BCUT2D eigenvalue weighted by Crippen LogP contribution is 2.29. The predicted octanol–water partition coefficient (Wildman–Crippen LogP) is 6.63.